The molecule has 2 fully saturated rings. The minimum atomic E-state index is -0.0550. The van der Waals surface area contributed by atoms with Crippen molar-refractivity contribution in [1.82, 2.24) is 5.32 Å². The second-order valence-corrected chi connectivity index (χ2v) is 3.59. The van der Waals surface area contributed by atoms with Gasteiger partial charge in [0, 0.05) is 12.6 Å². The van der Waals surface area contributed by atoms with Crippen molar-refractivity contribution in [3.8, 4) is 0 Å². The Labute approximate surface area is 61.6 Å². The first kappa shape index (κ1) is 6.62. The third-order valence-corrected chi connectivity index (χ3v) is 2.36. The van der Waals surface area contributed by atoms with Crippen molar-refractivity contribution < 1.29 is 5.11 Å². The molecule has 2 aliphatic rings. The van der Waals surface area contributed by atoms with Crippen LogP contribution in [0.1, 0.15) is 25.7 Å². The predicted molar refractivity (Wildman–Crippen MR) is 39.8 cm³/mol. The molecule has 0 aromatic heterocycles. The maximum absolute atomic E-state index is 9.40. The summed E-state index contributed by atoms with van der Waals surface area (Å²) in [5.41, 5.74) is 0. The Balaban J connectivity index is 1.58. The van der Waals surface area contributed by atoms with E-state index in [2.05, 4.69) is 5.32 Å². The van der Waals surface area contributed by atoms with Gasteiger partial charge in [0.1, 0.15) is 0 Å². The van der Waals surface area contributed by atoms with Crippen LogP contribution in [0.5, 0.6) is 0 Å². The van der Waals surface area contributed by atoms with E-state index in [1.54, 1.807) is 0 Å². The van der Waals surface area contributed by atoms with Crippen LogP contribution in [0.15, 0.2) is 0 Å². The average molecular weight is 141 g/mol. The molecule has 0 aliphatic heterocycles. The Morgan fingerprint density at radius 3 is 2.50 bits per heavy atom. The zero-order chi connectivity index (χ0) is 6.97. The number of hydrogen-bond acceptors (Lipinski definition) is 2. The molecule has 58 valence electrons. The van der Waals surface area contributed by atoms with E-state index in [-0.39, 0.29) is 6.10 Å². The largest absolute Gasteiger partial charge is 0.392 e. The van der Waals surface area contributed by atoms with Crippen molar-refractivity contribution in [2.45, 2.75) is 37.8 Å². The van der Waals surface area contributed by atoms with Crippen LogP contribution in [0.25, 0.3) is 0 Å². The molecule has 0 saturated heterocycles. The number of hydrogen-bond donors (Lipinski definition) is 2. The summed E-state index contributed by atoms with van der Waals surface area (Å²) in [6.07, 6.45) is 5.07. The number of aliphatic hydroxyl groups is 1. The van der Waals surface area contributed by atoms with Gasteiger partial charge in [-0.2, -0.15) is 0 Å². The van der Waals surface area contributed by atoms with Gasteiger partial charge in [0.2, 0.25) is 0 Å². The van der Waals surface area contributed by atoms with Crippen LogP contribution in [0.3, 0.4) is 0 Å². The second kappa shape index (κ2) is 2.51. The van der Waals surface area contributed by atoms with Gasteiger partial charge in [-0.3, -0.25) is 0 Å². The lowest BCUT2D eigenvalue weighted by Crippen LogP contribution is -2.29. The Bertz CT molecular complexity index is 118. The van der Waals surface area contributed by atoms with Crippen LogP contribution in [0.2, 0.25) is 0 Å². The third-order valence-electron chi connectivity index (χ3n) is 2.36. The molecule has 2 saturated carbocycles. The van der Waals surface area contributed by atoms with E-state index in [1.807, 2.05) is 0 Å². The van der Waals surface area contributed by atoms with E-state index >= 15 is 0 Å². The molecule has 0 bridgehead atoms. The van der Waals surface area contributed by atoms with Crippen molar-refractivity contribution in [2.75, 3.05) is 6.54 Å². The predicted octanol–water partition coefficient (Wildman–Crippen LogP) is 0.509. The number of nitrogens with one attached hydrogen (secondary N) is 1. The molecule has 2 aliphatic carbocycles. The summed E-state index contributed by atoms with van der Waals surface area (Å²) in [7, 11) is 0. The van der Waals surface area contributed by atoms with Gasteiger partial charge in [-0.05, 0) is 31.6 Å². The molecular formula is C8H15NO. The molecule has 10 heavy (non-hydrogen) atoms. The minimum absolute atomic E-state index is 0.0550. The lowest BCUT2D eigenvalue weighted by molar-refractivity contribution is 0.148. The van der Waals surface area contributed by atoms with E-state index in [0.717, 1.165) is 12.6 Å². The van der Waals surface area contributed by atoms with Gasteiger partial charge in [0.05, 0.1) is 6.10 Å². The number of rotatable bonds is 4. The van der Waals surface area contributed by atoms with Crippen molar-refractivity contribution >= 4 is 0 Å². The van der Waals surface area contributed by atoms with Gasteiger partial charge >= 0.3 is 0 Å². The van der Waals surface area contributed by atoms with Crippen molar-refractivity contribution in [2.24, 2.45) is 5.92 Å². The van der Waals surface area contributed by atoms with Gasteiger partial charge in [0.15, 0.2) is 0 Å². The molecule has 2 heteroatoms. The summed E-state index contributed by atoms with van der Waals surface area (Å²) in [6, 6.07) is 0.744. The third kappa shape index (κ3) is 1.70. The van der Waals surface area contributed by atoms with Crippen molar-refractivity contribution in [3.05, 3.63) is 0 Å². The van der Waals surface area contributed by atoms with E-state index in [0.29, 0.717) is 5.92 Å². The van der Waals surface area contributed by atoms with Gasteiger partial charge in [-0.15, -0.1) is 0 Å². The summed E-state index contributed by atoms with van der Waals surface area (Å²) in [5.74, 6) is 0.631. The first-order chi connectivity index (χ1) is 4.86. The highest BCUT2D eigenvalue weighted by molar-refractivity contribution is 4.86. The Morgan fingerprint density at radius 1 is 1.30 bits per heavy atom. The SMILES string of the molecule is OC(CNC1CC1)C1CC1. The second-order valence-electron chi connectivity index (χ2n) is 3.59. The van der Waals surface area contributed by atoms with E-state index < -0.39 is 0 Å². The van der Waals surface area contributed by atoms with Crippen LogP contribution >= 0.6 is 0 Å². The summed E-state index contributed by atoms with van der Waals surface area (Å²) >= 11 is 0. The maximum atomic E-state index is 9.40. The summed E-state index contributed by atoms with van der Waals surface area (Å²) in [6.45, 7) is 0.829. The van der Waals surface area contributed by atoms with Gasteiger partial charge in [-0.1, -0.05) is 0 Å². The minimum Gasteiger partial charge on any atom is -0.392 e. The molecule has 0 amide bonds. The summed E-state index contributed by atoms with van der Waals surface area (Å²) in [5, 5.41) is 12.7. The summed E-state index contributed by atoms with van der Waals surface area (Å²) < 4.78 is 0. The maximum Gasteiger partial charge on any atom is 0.0692 e. The monoisotopic (exact) mass is 141 g/mol. The van der Waals surface area contributed by atoms with Gasteiger partial charge in [0.25, 0.3) is 0 Å². The van der Waals surface area contributed by atoms with Crippen molar-refractivity contribution in [1.29, 1.82) is 0 Å². The molecule has 2 rings (SSSR count). The van der Waals surface area contributed by atoms with Crippen LogP contribution in [-0.4, -0.2) is 23.8 Å². The molecular weight excluding hydrogens is 126 g/mol. The standard InChI is InChI=1S/C8H15NO/c10-8(6-1-2-6)5-9-7-3-4-7/h6-10H,1-5H2. The quantitative estimate of drug-likeness (QED) is 0.598. The van der Waals surface area contributed by atoms with Crippen LogP contribution in [0, 0.1) is 5.92 Å². The van der Waals surface area contributed by atoms with E-state index in [1.165, 1.54) is 25.7 Å². The van der Waals surface area contributed by atoms with E-state index in [4.69, 9.17) is 0 Å². The fourth-order valence-electron chi connectivity index (χ4n) is 1.22. The highest BCUT2D eigenvalue weighted by Gasteiger charge is 2.30. The first-order valence-electron chi connectivity index (χ1n) is 4.28. The molecule has 0 heterocycles. The average Bonchev–Trinajstić information content (AvgIpc) is 2.76. The highest BCUT2D eigenvalue weighted by Crippen LogP contribution is 2.32. The van der Waals surface area contributed by atoms with Gasteiger partial charge in [-0.25, -0.2) is 0 Å². The summed E-state index contributed by atoms with van der Waals surface area (Å²) in [4.78, 5) is 0. The zero-order valence-electron chi connectivity index (χ0n) is 6.21. The van der Waals surface area contributed by atoms with Crippen molar-refractivity contribution in [3.63, 3.8) is 0 Å². The molecule has 2 nitrogen and oxygen atoms in total. The first-order valence-corrected chi connectivity index (χ1v) is 4.28. The Kier molecular flexibility index (Phi) is 1.66. The van der Waals surface area contributed by atoms with Crippen LogP contribution in [0.4, 0.5) is 0 Å². The molecule has 2 N–H and O–H groups in total. The fourth-order valence-corrected chi connectivity index (χ4v) is 1.22. The Morgan fingerprint density at radius 2 is 2.00 bits per heavy atom. The van der Waals surface area contributed by atoms with Crippen LogP contribution < -0.4 is 5.32 Å². The Hall–Kier alpha value is -0.0800. The molecule has 0 radical (unpaired) electrons. The fraction of sp³-hybridized carbons (Fsp3) is 1.00. The normalized spacial score (nSPS) is 28.5. The number of aliphatic hydroxyl groups excluding tert-OH is 1. The highest BCUT2D eigenvalue weighted by atomic mass is 16.3. The molecule has 0 aromatic carbocycles. The zero-order valence-corrected chi connectivity index (χ0v) is 6.21. The van der Waals surface area contributed by atoms with E-state index in [9.17, 15) is 5.11 Å². The molecule has 1 atom stereocenters. The lowest BCUT2D eigenvalue weighted by atomic mass is 10.2. The van der Waals surface area contributed by atoms with Crippen LogP contribution in [-0.2, 0) is 0 Å². The smallest absolute Gasteiger partial charge is 0.0692 e. The lowest BCUT2D eigenvalue weighted by Gasteiger charge is -2.08. The molecule has 1 unspecified atom stereocenters. The molecule has 0 spiro atoms. The molecule has 0 aromatic rings. The van der Waals surface area contributed by atoms with Gasteiger partial charge < -0.3 is 10.4 Å². The topological polar surface area (TPSA) is 32.3 Å².